The van der Waals surface area contributed by atoms with Gasteiger partial charge in [0.1, 0.15) is 23.0 Å². The summed E-state index contributed by atoms with van der Waals surface area (Å²) in [6, 6.07) is 22.9. The molecule has 0 saturated heterocycles. The Balaban J connectivity index is 0.000000179. The second kappa shape index (κ2) is 16.5. The molecule has 0 aliphatic heterocycles. The van der Waals surface area contributed by atoms with Crippen molar-refractivity contribution >= 4 is 74.2 Å². The lowest BCUT2D eigenvalue weighted by molar-refractivity contribution is -0.122. The minimum absolute atomic E-state index is 0.0424. The Morgan fingerprint density at radius 2 is 1.07 bits per heavy atom. The van der Waals surface area contributed by atoms with Gasteiger partial charge in [-0.1, -0.05) is 62.1 Å². The molecule has 6 aromatic rings. The van der Waals surface area contributed by atoms with Crippen LogP contribution < -0.4 is 38.5 Å². The largest absolute Gasteiger partial charge is 0.368 e. The SMILES string of the molecule is N#Cc1cc(F)c(NC2(C(N)=O)CCCC2)nc1Nc1cnc2ccccc2c1.NC(=O)c1cc(F)c(NC2(C(N)=O)CCCC2)nc1Nc1cnc2ccccc2c1. The molecule has 300 valence electrons. The van der Waals surface area contributed by atoms with E-state index in [-0.39, 0.29) is 34.4 Å². The van der Waals surface area contributed by atoms with Crippen molar-refractivity contribution in [1.29, 1.82) is 5.26 Å². The van der Waals surface area contributed by atoms with Crippen LogP contribution in [-0.4, -0.2) is 48.7 Å². The first-order valence-electron chi connectivity index (χ1n) is 18.9. The van der Waals surface area contributed by atoms with Gasteiger partial charge in [0.05, 0.1) is 45.9 Å². The molecule has 0 unspecified atom stereocenters. The number of carbonyl (C=O) groups is 3. The van der Waals surface area contributed by atoms with E-state index >= 15 is 0 Å². The molecule has 0 bridgehead atoms. The van der Waals surface area contributed by atoms with Crippen molar-refractivity contribution in [2.24, 2.45) is 17.2 Å². The molecule has 2 saturated carbocycles. The lowest BCUT2D eigenvalue weighted by Crippen LogP contribution is -2.48. The molecule has 2 aliphatic rings. The van der Waals surface area contributed by atoms with Gasteiger partial charge in [-0.05, 0) is 62.1 Å². The van der Waals surface area contributed by atoms with Crippen molar-refractivity contribution in [3.05, 3.63) is 108 Å². The van der Waals surface area contributed by atoms with E-state index in [1.807, 2.05) is 66.7 Å². The van der Waals surface area contributed by atoms with E-state index in [0.29, 0.717) is 37.1 Å². The maximum atomic E-state index is 14.7. The third-order valence-corrected chi connectivity index (χ3v) is 10.6. The lowest BCUT2D eigenvalue weighted by atomic mass is 9.96. The zero-order valence-electron chi connectivity index (χ0n) is 31.7. The lowest BCUT2D eigenvalue weighted by Gasteiger charge is -2.27. The summed E-state index contributed by atoms with van der Waals surface area (Å²) in [6.07, 6.45) is 8.42. The first kappa shape index (κ1) is 39.7. The van der Waals surface area contributed by atoms with Gasteiger partial charge in [-0.25, -0.2) is 18.7 Å². The van der Waals surface area contributed by atoms with E-state index in [4.69, 9.17) is 17.2 Å². The van der Waals surface area contributed by atoms with E-state index in [1.54, 1.807) is 12.4 Å². The number of hydrogen-bond donors (Lipinski definition) is 7. The second-order valence-electron chi connectivity index (χ2n) is 14.5. The Morgan fingerprint density at radius 3 is 1.53 bits per heavy atom. The van der Waals surface area contributed by atoms with Gasteiger partial charge >= 0.3 is 0 Å². The number of benzene rings is 2. The molecule has 4 heterocycles. The predicted octanol–water partition coefficient (Wildman–Crippen LogP) is 6.42. The van der Waals surface area contributed by atoms with E-state index in [0.717, 1.165) is 59.6 Å². The molecule has 0 spiro atoms. The van der Waals surface area contributed by atoms with Crippen molar-refractivity contribution in [2.75, 3.05) is 21.3 Å². The average molecular weight is 799 g/mol. The van der Waals surface area contributed by atoms with Crippen LogP contribution in [0.3, 0.4) is 0 Å². The van der Waals surface area contributed by atoms with E-state index in [9.17, 15) is 28.4 Å². The number of pyridine rings is 4. The number of carbonyl (C=O) groups excluding carboxylic acids is 3. The highest BCUT2D eigenvalue weighted by Gasteiger charge is 2.41. The average Bonchev–Trinajstić information content (AvgIpc) is 3.92. The van der Waals surface area contributed by atoms with E-state index in [2.05, 4.69) is 41.2 Å². The predicted molar refractivity (Wildman–Crippen MR) is 220 cm³/mol. The summed E-state index contributed by atoms with van der Waals surface area (Å²) in [7, 11) is 0. The van der Waals surface area contributed by atoms with Crippen molar-refractivity contribution < 1.29 is 23.2 Å². The normalized spacial score (nSPS) is 15.1. The molecule has 2 aliphatic carbocycles. The van der Waals surface area contributed by atoms with Crippen LogP contribution in [0.5, 0.6) is 0 Å². The Morgan fingerprint density at radius 1 is 0.627 bits per heavy atom. The van der Waals surface area contributed by atoms with Crippen molar-refractivity contribution in [2.45, 2.75) is 62.4 Å². The van der Waals surface area contributed by atoms with Crippen LogP contribution in [0.2, 0.25) is 0 Å². The number of nitrogens with one attached hydrogen (secondary N) is 4. The first-order chi connectivity index (χ1) is 28.4. The topological polar surface area (TPSA) is 253 Å². The number of fused-ring (bicyclic) bond motifs is 2. The maximum absolute atomic E-state index is 14.7. The molecule has 59 heavy (non-hydrogen) atoms. The van der Waals surface area contributed by atoms with Crippen LogP contribution in [0.1, 0.15) is 67.3 Å². The molecular weight excluding hydrogens is 759 g/mol. The number of nitriles is 1. The van der Waals surface area contributed by atoms with Gasteiger partial charge in [0, 0.05) is 10.8 Å². The monoisotopic (exact) mass is 798 g/mol. The Labute approximate surface area is 336 Å². The maximum Gasteiger partial charge on any atom is 0.252 e. The van der Waals surface area contributed by atoms with Crippen molar-refractivity contribution in [3.8, 4) is 6.07 Å². The fourth-order valence-electron chi connectivity index (χ4n) is 7.45. The Bertz CT molecular complexity index is 2640. The summed E-state index contributed by atoms with van der Waals surface area (Å²) >= 11 is 0. The highest BCUT2D eigenvalue weighted by molar-refractivity contribution is 5.99. The van der Waals surface area contributed by atoms with E-state index < -0.39 is 40.4 Å². The second-order valence-corrected chi connectivity index (χ2v) is 14.5. The summed E-state index contributed by atoms with van der Waals surface area (Å²) < 4.78 is 29.3. The number of nitrogens with two attached hydrogens (primary N) is 3. The Kier molecular flexibility index (Phi) is 11.1. The summed E-state index contributed by atoms with van der Waals surface area (Å²) in [6.45, 7) is 0. The zero-order valence-corrected chi connectivity index (χ0v) is 31.7. The third kappa shape index (κ3) is 8.47. The minimum atomic E-state index is -1.07. The standard InChI is InChI=1S/C21H21FN6O2.C21H19FN6O/c22-15-10-14(17(23)29)18(26-13-9-12-5-1-2-6-16(12)25-11-13)27-19(15)28-21(20(24)30)7-3-4-8-21;22-16-10-14(11-23)18(26-15-9-13-5-1-2-6-17(13)25-12-15)27-19(16)28-21(20(24)29)7-3-4-8-21/h1-2,5-6,9-11H,3-4,7-8H2,(H2,23,29)(H2,24,30)(H2,26,27,28);1-2,5-6,9-10,12H,3-4,7-8H2,(H2,24,29)(H2,26,27,28). The number of primary amides is 3. The summed E-state index contributed by atoms with van der Waals surface area (Å²) in [5.41, 5.74) is 17.2. The van der Waals surface area contributed by atoms with Crippen LogP contribution in [-0.2, 0) is 9.59 Å². The van der Waals surface area contributed by atoms with Crippen molar-refractivity contribution in [3.63, 3.8) is 0 Å². The molecular formula is C42H40F2N12O3. The molecule has 4 aromatic heterocycles. The number of halogens is 2. The van der Waals surface area contributed by atoms with Gasteiger partial charge in [0.2, 0.25) is 11.8 Å². The van der Waals surface area contributed by atoms with Crippen LogP contribution in [0, 0.1) is 23.0 Å². The molecule has 17 heteroatoms. The first-order valence-corrected chi connectivity index (χ1v) is 18.9. The molecule has 10 N–H and O–H groups in total. The fraction of sp³-hybridized carbons (Fsp3) is 0.238. The van der Waals surface area contributed by atoms with Gasteiger partial charge in [0.25, 0.3) is 5.91 Å². The fourth-order valence-corrected chi connectivity index (χ4v) is 7.45. The highest BCUT2D eigenvalue weighted by Crippen LogP contribution is 2.36. The molecule has 8 rings (SSSR count). The summed E-state index contributed by atoms with van der Waals surface area (Å²) in [5.74, 6) is -3.49. The third-order valence-electron chi connectivity index (χ3n) is 10.6. The van der Waals surface area contributed by atoms with Gasteiger partial charge in [-0.15, -0.1) is 0 Å². The number of hydrogen-bond acceptors (Lipinski definition) is 12. The molecule has 2 fully saturated rings. The number of aromatic nitrogens is 4. The molecule has 0 atom stereocenters. The smallest absolute Gasteiger partial charge is 0.252 e. The number of amides is 3. The number of nitrogens with zero attached hydrogens (tertiary/aromatic N) is 5. The molecule has 2 aromatic carbocycles. The van der Waals surface area contributed by atoms with Crippen LogP contribution in [0.25, 0.3) is 21.8 Å². The molecule has 0 radical (unpaired) electrons. The number of anilines is 6. The van der Waals surface area contributed by atoms with Gasteiger partial charge in [-0.2, -0.15) is 5.26 Å². The van der Waals surface area contributed by atoms with Crippen LogP contribution in [0.15, 0.2) is 85.2 Å². The van der Waals surface area contributed by atoms with Crippen molar-refractivity contribution in [1.82, 2.24) is 19.9 Å². The van der Waals surface area contributed by atoms with Crippen LogP contribution >= 0.6 is 0 Å². The summed E-state index contributed by atoms with van der Waals surface area (Å²) in [4.78, 5) is 53.1. The highest BCUT2D eigenvalue weighted by atomic mass is 19.1. The molecule has 3 amide bonds. The molecule has 15 nitrogen and oxygen atoms in total. The summed E-state index contributed by atoms with van der Waals surface area (Å²) in [5, 5.41) is 23.0. The van der Waals surface area contributed by atoms with Gasteiger partial charge < -0.3 is 38.5 Å². The number of para-hydroxylation sites is 2. The van der Waals surface area contributed by atoms with Crippen LogP contribution in [0.4, 0.5) is 43.4 Å². The van der Waals surface area contributed by atoms with Gasteiger partial charge in [0.15, 0.2) is 29.1 Å². The Hall–Kier alpha value is -7.48. The van der Waals surface area contributed by atoms with Gasteiger partial charge in [-0.3, -0.25) is 24.4 Å². The number of rotatable bonds is 11. The quantitative estimate of drug-likeness (QED) is 0.0750. The zero-order chi connectivity index (χ0) is 41.7. The minimum Gasteiger partial charge on any atom is -0.368 e. The van der Waals surface area contributed by atoms with E-state index in [1.165, 1.54) is 0 Å².